The van der Waals surface area contributed by atoms with Crippen molar-refractivity contribution in [1.82, 2.24) is 4.72 Å². The molecule has 0 saturated heterocycles. The summed E-state index contributed by atoms with van der Waals surface area (Å²) in [6.45, 7) is 4.02. The van der Waals surface area contributed by atoms with Gasteiger partial charge in [-0.2, -0.15) is 0 Å². The lowest BCUT2D eigenvalue weighted by molar-refractivity contribution is 0.579. The predicted molar refractivity (Wildman–Crippen MR) is 86.7 cm³/mol. The van der Waals surface area contributed by atoms with E-state index in [2.05, 4.69) is 10.8 Å². The highest BCUT2D eigenvalue weighted by Gasteiger charge is 2.20. The van der Waals surface area contributed by atoms with Crippen LogP contribution in [0, 0.1) is 13.8 Å². The van der Waals surface area contributed by atoms with Gasteiger partial charge in [0.1, 0.15) is 4.90 Å². The minimum atomic E-state index is -3.55. The average molecular weight is 308 g/mol. The molecule has 0 spiro atoms. The van der Waals surface area contributed by atoms with Gasteiger partial charge in [-0.15, -0.1) is 0 Å². The van der Waals surface area contributed by atoms with Crippen molar-refractivity contribution < 1.29 is 8.42 Å². The first-order valence-electron chi connectivity index (χ1n) is 7.45. The van der Waals surface area contributed by atoms with Gasteiger partial charge in [-0.05, 0) is 57.1 Å². The Morgan fingerprint density at radius 1 is 1.19 bits per heavy atom. The lowest BCUT2D eigenvalue weighted by Crippen LogP contribution is -2.27. The van der Waals surface area contributed by atoms with Gasteiger partial charge in [-0.25, -0.2) is 13.1 Å². The highest BCUT2D eigenvalue weighted by molar-refractivity contribution is 7.89. The number of rotatable bonds is 5. The third-order valence-corrected chi connectivity index (χ3v) is 5.67. The van der Waals surface area contributed by atoms with Crippen molar-refractivity contribution in [3.8, 4) is 0 Å². The zero-order valence-corrected chi connectivity index (χ0v) is 13.6. The lowest BCUT2D eigenvalue weighted by atomic mass is 9.97. The van der Waals surface area contributed by atoms with E-state index in [1.54, 1.807) is 13.0 Å². The summed E-state index contributed by atoms with van der Waals surface area (Å²) in [5.74, 6) is 0. The van der Waals surface area contributed by atoms with Crippen LogP contribution in [-0.4, -0.2) is 15.0 Å². The summed E-state index contributed by atoms with van der Waals surface area (Å²) >= 11 is 0. The molecule has 116 valence electrons. The van der Waals surface area contributed by atoms with Crippen LogP contribution in [0.25, 0.3) is 0 Å². The second-order valence-electron chi connectivity index (χ2n) is 5.70. The molecule has 5 heteroatoms. The van der Waals surface area contributed by atoms with E-state index in [4.69, 9.17) is 5.73 Å². The summed E-state index contributed by atoms with van der Waals surface area (Å²) in [5, 5.41) is 0. The first kappa shape index (κ1) is 16.0. The quantitative estimate of drug-likeness (QED) is 0.648. The van der Waals surface area contributed by atoms with E-state index in [9.17, 15) is 8.42 Å². The summed E-state index contributed by atoms with van der Waals surface area (Å²) < 4.78 is 27.6. The second kappa shape index (κ2) is 6.62. The Morgan fingerprint density at radius 3 is 2.57 bits per heavy atom. The van der Waals surface area contributed by atoms with Gasteiger partial charge >= 0.3 is 0 Å². The molecule has 0 bridgehead atoms. The smallest absolute Gasteiger partial charge is 0.242 e. The van der Waals surface area contributed by atoms with Gasteiger partial charge < -0.3 is 5.73 Å². The number of hydrogen-bond acceptors (Lipinski definition) is 3. The third kappa shape index (κ3) is 3.86. The number of allylic oxidation sites excluding steroid dienone is 1. The van der Waals surface area contributed by atoms with Gasteiger partial charge in [0, 0.05) is 6.54 Å². The second-order valence-corrected chi connectivity index (χ2v) is 7.40. The molecule has 2 rings (SSSR count). The van der Waals surface area contributed by atoms with Crippen LogP contribution in [0.4, 0.5) is 5.69 Å². The van der Waals surface area contributed by atoms with Gasteiger partial charge in [-0.1, -0.05) is 23.8 Å². The van der Waals surface area contributed by atoms with Crippen LogP contribution in [0.2, 0.25) is 0 Å². The number of sulfonamides is 1. The van der Waals surface area contributed by atoms with E-state index in [-0.39, 0.29) is 4.90 Å². The molecule has 1 aromatic rings. The Labute approximate surface area is 127 Å². The van der Waals surface area contributed by atoms with E-state index < -0.39 is 10.0 Å². The van der Waals surface area contributed by atoms with Crippen LogP contribution in [0.15, 0.2) is 28.7 Å². The summed E-state index contributed by atoms with van der Waals surface area (Å²) in [5.41, 5.74) is 9.13. The lowest BCUT2D eigenvalue weighted by Gasteiger charge is -2.15. The van der Waals surface area contributed by atoms with Gasteiger partial charge in [0.05, 0.1) is 5.69 Å². The van der Waals surface area contributed by atoms with Gasteiger partial charge in [0.2, 0.25) is 10.0 Å². The minimum absolute atomic E-state index is 0.222. The summed E-state index contributed by atoms with van der Waals surface area (Å²) in [6, 6.07) is 3.64. The van der Waals surface area contributed by atoms with Crippen LogP contribution in [0.1, 0.15) is 43.2 Å². The Hall–Kier alpha value is -1.33. The van der Waals surface area contributed by atoms with Crippen LogP contribution < -0.4 is 10.5 Å². The van der Waals surface area contributed by atoms with E-state index in [1.165, 1.54) is 18.4 Å². The Bertz CT molecular complexity index is 648. The number of nitrogens with two attached hydrogens (primary N) is 1. The van der Waals surface area contributed by atoms with E-state index >= 15 is 0 Å². The molecule has 0 fully saturated rings. The highest BCUT2D eigenvalue weighted by Crippen LogP contribution is 2.26. The molecule has 0 saturated carbocycles. The maximum absolute atomic E-state index is 12.5. The molecular formula is C16H24N2O2S. The molecule has 0 aliphatic heterocycles. The maximum atomic E-state index is 12.5. The summed E-state index contributed by atoms with van der Waals surface area (Å²) in [4.78, 5) is 0.222. The van der Waals surface area contributed by atoms with Crippen molar-refractivity contribution in [2.24, 2.45) is 0 Å². The fraction of sp³-hybridized carbons (Fsp3) is 0.500. The first-order valence-corrected chi connectivity index (χ1v) is 8.93. The number of benzene rings is 1. The molecule has 0 heterocycles. The van der Waals surface area contributed by atoms with Gasteiger partial charge in [0.25, 0.3) is 0 Å². The normalized spacial score (nSPS) is 15.8. The van der Waals surface area contributed by atoms with Crippen molar-refractivity contribution >= 4 is 15.7 Å². The van der Waals surface area contributed by atoms with Crippen molar-refractivity contribution in [3.63, 3.8) is 0 Å². The van der Waals surface area contributed by atoms with Crippen molar-refractivity contribution in [2.75, 3.05) is 12.3 Å². The standard InChI is InChI=1S/C16H24N2O2S/c1-12-8-9-13(2)16(15(12)17)21(19,20)18-11-10-14-6-4-3-5-7-14/h6,8-9,18H,3-5,7,10-11,17H2,1-2H3. The number of nitrogens with one attached hydrogen (secondary N) is 1. The molecule has 0 amide bonds. The van der Waals surface area contributed by atoms with E-state index in [1.807, 2.05) is 13.0 Å². The number of aryl methyl sites for hydroxylation is 2. The molecule has 4 nitrogen and oxygen atoms in total. The van der Waals surface area contributed by atoms with Crippen LogP contribution >= 0.6 is 0 Å². The zero-order valence-electron chi connectivity index (χ0n) is 12.8. The molecule has 1 aliphatic carbocycles. The maximum Gasteiger partial charge on any atom is 0.242 e. The average Bonchev–Trinajstić information content (AvgIpc) is 2.44. The monoisotopic (exact) mass is 308 g/mol. The molecule has 0 aromatic heterocycles. The summed E-state index contributed by atoms with van der Waals surface area (Å²) in [7, 11) is -3.55. The van der Waals surface area contributed by atoms with E-state index in [0.717, 1.165) is 24.8 Å². The van der Waals surface area contributed by atoms with Crippen molar-refractivity contribution in [3.05, 3.63) is 34.9 Å². The molecule has 0 radical (unpaired) electrons. The fourth-order valence-corrected chi connectivity index (χ4v) is 4.17. The van der Waals surface area contributed by atoms with Crippen LogP contribution in [-0.2, 0) is 10.0 Å². The SMILES string of the molecule is Cc1ccc(C)c(S(=O)(=O)NCCC2=CCCCC2)c1N. The van der Waals surface area contributed by atoms with Crippen molar-refractivity contribution in [2.45, 2.75) is 50.8 Å². The van der Waals surface area contributed by atoms with Gasteiger partial charge in [-0.3, -0.25) is 0 Å². The van der Waals surface area contributed by atoms with Gasteiger partial charge in [0.15, 0.2) is 0 Å². The predicted octanol–water partition coefficient (Wildman–Crippen LogP) is 3.05. The number of nitrogen functional groups attached to an aromatic ring is 1. The molecular weight excluding hydrogens is 284 g/mol. The van der Waals surface area contributed by atoms with Crippen LogP contribution in [0.3, 0.4) is 0 Å². The van der Waals surface area contributed by atoms with Crippen molar-refractivity contribution in [1.29, 1.82) is 0 Å². The molecule has 0 atom stereocenters. The largest absolute Gasteiger partial charge is 0.397 e. The fourth-order valence-electron chi connectivity index (χ4n) is 2.71. The molecule has 0 unspecified atom stereocenters. The topological polar surface area (TPSA) is 72.2 Å². The van der Waals surface area contributed by atoms with Crippen LogP contribution in [0.5, 0.6) is 0 Å². The molecule has 1 aliphatic rings. The highest BCUT2D eigenvalue weighted by atomic mass is 32.2. The summed E-state index contributed by atoms with van der Waals surface area (Å²) in [6.07, 6.45) is 7.68. The Balaban J connectivity index is 2.08. The van der Waals surface area contributed by atoms with E-state index in [0.29, 0.717) is 17.8 Å². The molecule has 1 aromatic carbocycles. The molecule has 21 heavy (non-hydrogen) atoms. The Morgan fingerprint density at radius 2 is 1.90 bits per heavy atom. The third-order valence-electron chi connectivity index (χ3n) is 4.00. The minimum Gasteiger partial charge on any atom is -0.397 e. The molecule has 3 N–H and O–H groups in total. The zero-order chi connectivity index (χ0) is 15.5. The Kier molecular flexibility index (Phi) is 5.06. The number of anilines is 1. The number of hydrogen-bond donors (Lipinski definition) is 2. The first-order chi connectivity index (χ1) is 9.92.